The fourth-order valence-corrected chi connectivity index (χ4v) is 2.75. The van der Waals surface area contributed by atoms with Crippen LogP contribution < -0.4 is 8.35 Å². The molecule has 0 aliphatic heterocycles. The SMILES string of the molecule is COc1ccc([Te](=O)OC(C)=O)cc1. The van der Waals surface area contributed by atoms with E-state index in [0.717, 1.165) is 0 Å². The van der Waals surface area contributed by atoms with Gasteiger partial charge in [0.2, 0.25) is 0 Å². The van der Waals surface area contributed by atoms with Crippen LogP contribution in [-0.4, -0.2) is 33.0 Å². The molecule has 0 aromatic heterocycles. The number of carbonyl (C=O) groups excluding carboxylic acids is 1. The number of methoxy groups -OCH3 is 1. The van der Waals surface area contributed by atoms with Crippen molar-refractivity contribution >= 4 is 29.5 Å². The number of ether oxygens (including phenoxy) is 1. The van der Waals surface area contributed by atoms with E-state index in [1.807, 2.05) is 0 Å². The molecule has 1 rings (SSSR count). The van der Waals surface area contributed by atoms with Gasteiger partial charge < -0.3 is 0 Å². The summed E-state index contributed by atoms with van der Waals surface area (Å²) < 4.78 is 21.6. The van der Waals surface area contributed by atoms with Gasteiger partial charge in [-0.1, -0.05) is 0 Å². The second-order valence-electron chi connectivity index (χ2n) is 2.49. The van der Waals surface area contributed by atoms with Crippen LogP contribution in [-0.2, 0) is 11.0 Å². The summed E-state index contributed by atoms with van der Waals surface area (Å²) in [6, 6.07) is 6.66. The molecule has 0 aliphatic carbocycles. The molecular weight excluding hydrogens is 300 g/mol. The minimum atomic E-state index is -3.11. The molecule has 76 valence electrons. The number of benzene rings is 1. The molecule has 0 radical (unpaired) electrons. The molecule has 5 heteroatoms. The molecule has 0 N–H and O–H groups in total. The Morgan fingerprint density at radius 1 is 1.29 bits per heavy atom. The van der Waals surface area contributed by atoms with E-state index in [2.05, 4.69) is 3.10 Å². The Balaban J connectivity index is 2.76. The molecule has 0 spiro atoms. The van der Waals surface area contributed by atoms with Gasteiger partial charge in [-0.3, -0.25) is 0 Å². The Bertz CT molecular complexity index is 344. The van der Waals surface area contributed by atoms with Crippen LogP contribution in [0.1, 0.15) is 6.92 Å². The summed E-state index contributed by atoms with van der Waals surface area (Å²) in [7, 11) is 1.55. The van der Waals surface area contributed by atoms with Gasteiger partial charge in [-0.15, -0.1) is 0 Å². The van der Waals surface area contributed by atoms with Crippen molar-refractivity contribution in [2.24, 2.45) is 0 Å². The zero-order valence-corrected chi connectivity index (χ0v) is 10.2. The summed E-state index contributed by atoms with van der Waals surface area (Å²) in [5.74, 6) is 0.176. The Morgan fingerprint density at radius 2 is 1.86 bits per heavy atom. The summed E-state index contributed by atoms with van der Waals surface area (Å²) in [6.45, 7) is 1.25. The van der Waals surface area contributed by atoms with Gasteiger partial charge in [0.15, 0.2) is 0 Å². The summed E-state index contributed by atoms with van der Waals surface area (Å²) in [6.07, 6.45) is 0. The molecule has 0 saturated heterocycles. The third kappa shape index (κ3) is 3.09. The average Bonchev–Trinajstić information content (AvgIpc) is 2.17. The number of carbonyl (C=O) groups is 1. The zero-order valence-electron chi connectivity index (χ0n) is 7.85. The third-order valence-corrected chi connectivity index (χ3v) is 4.42. The van der Waals surface area contributed by atoms with Crippen molar-refractivity contribution < 1.29 is 15.7 Å². The molecule has 0 unspecified atom stereocenters. The monoisotopic (exact) mass is 312 g/mol. The van der Waals surface area contributed by atoms with E-state index >= 15 is 0 Å². The molecule has 0 bridgehead atoms. The van der Waals surface area contributed by atoms with Crippen molar-refractivity contribution in [2.45, 2.75) is 6.92 Å². The molecule has 0 amide bonds. The number of hydrogen-bond donors (Lipinski definition) is 0. The molecule has 1 aromatic rings. The average molecular weight is 310 g/mol. The summed E-state index contributed by atoms with van der Waals surface area (Å²) in [5, 5.41) is 0. The second-order valence-corrected chi connectivity index (χ2v) is 5.65. The van der Waals surface area contributed by atoms with Crippen molar-refractivity contribution in [2.75, 3.05) is 7.11 Å². The molecular formula is C9H10O4Te. The van der Waals surface area contributed by atoms with Crippen LogP contribution in [0.2, 0.25) is 0 Å². The zero-order chi connectivity index (χ0) is 10.6. The Hall–Kier alpha value is -0.920. The molecule has 0 aliphatic rings. The summed E-state index contributed by atoms with van der Waals surface area (Å²) >= 11 is -3.11. The van der Waals surface area contributed by atoms with E-state index in [-0.39, 0.29) is 0 Å². The molecule has 0 heterocycles. The van der Waals surface area contributed by atoms with Crippen LogP contribution in [0.15, 0.2) is 24.3 Å². The van der Waals surface area contributed by atoms with Gasteiger partial charge in [-0.05, 0) is 0 Å². The maximum atomic E-state index is 11.4. The van der Waals surface area contributed by atoms with Crippen LogP contribution in [0, 0.1) is 0 Å². The van der Waals surface area contributed by atoms with Crippen LogP contribution in [0.3, 0.4) is 0 Å². The van der Waals surface area contributed by atoms with E-state index in [9.17, 15) is 7.90 Å². The van der Waals surface area contributed by atoms with Crippen LogP contribution >= 0.6 is 0 Å². The summed E-state index contributed by atoms with van der Waals surface area (Å²) in [4.78, 5) is 10.5. The van der Waals surface area contributed by atoms with E-state index in [0.29, 0.717) is 9.36 Å². The molecule has 14 heavy (non-hydrogen) atoms. The molecule has 4 nitrogen and oxygen atoms in total. The molecule has 0 saturated carbocycles. The van der Waals surface area contributed by atoms with Gasteiger partial charge in [-0.2, -0.15) is 0 Å². The van der Waals surface area contributed by atoms with Crippen LogP contribution in [0.5, 0.6) is 5.75 Å². The Labute approximate surface area is 89.4 Å². The fraction of sp³-hybridized carbons (Fsp3) is 0.222. The Morgan fingerprint density at radius 3 is 2.29 bits per heavy atom. The van der Waals surface area contributed by atoms with Crippen molar-refractivity contribution in [3.05, 3.63) is 24.3 Å². The van der Waals surface area contributed by atoms with Crippen molar-refractivity contribution in [1.82, 2.24) is 0 Å². The quantitative estimate of drug-likeness (QED) is 0.758. The number of rotatable bonds is 3. The first-order valence-corrected chi connectivity index (χ1v) is 6.95. The predicted molar refractivity (Wildman–Crippen MR) is 50.8 cm³/mol. The van der Waals surface area contributed by atoms with Crippen molar-refractivity contribution in [3.63, 3.8) is 0 Å². The second kappa shape index (κ2) is 5.08. The van der Waals surface area contributed by atoms with E-state index < -0.39 is 25.9 Å². The molecule has 0 atom stereocenters. The van der Waals surface area contributed by atoms with Gasteiger partial charge in [0.05, 0.1) is 0 Å². The topological polar surface area (TPSA) is 52.6 Å². The molecule has 0 fully saturated rings. The first-order chi connectivity index (χ1) is 6.63. The number of hydrogen-bond acceptors (Lipinski definition) is 4. The first-order valence-electron chi connectivity index (χ1n) is 3.88. The van der Waals surface area contributed by atoms with Gasteiger partial charge in [0, 0.05) is 0 Å². The van der Waals surface area contributed by atoms with E-state index in [4.69, 9.17) is 4.74 Å². The molecule has 1 aromatic carbocycles. The third-order valence-electron chi connectivity index (χ3n) is 1.44. The standard InChI is InChI=1S/C9H10O4Te/c1-7(10)13-14(11)9-5-3-8(12-2)4-6-9/h3-6H,1-2H3. The summed E-state index contributed by atoms with van der Waals surface area (Å²) in [5.41, 5.74) is 0. The van der Waals surface area contributed by atoms with E-state index in [1.165, 1.54) is 6.92 Å². The van der Waals surface area contributed by atoms with E-state index in [1.54, 1.807) is 31.4 Å². The Kier molecular flexibility index (Phi) is 4.05. The van der Waals surface area contributed by atoms with Gasteiger partial charge in [-0.25, -0.2) is 0 Å². The predicted octanol–water partition coefficient (Wildman–Crippen LogP) is 0.384. The van der Waals surface area contributed by atoms with Gasteiger partial charge in [0.25, 0.3) is 0 Å². The van der Waals surface area contributed by atoms with Gasteiger partial charge in [0.1, 0.15) is 0 Å². The van der Waals surface area contributed by atoms with Crippen molar-refractivity contribution in [3.8, 4) is 5.75 Å². The minimum absolute atomic E-state index is 0.507. The first kappa shape index (κ1) is 11.2. The maximum absolute atomic E-state index is 11.4. The van der Waals surface area contributed by atoms with Crippen molar-refractivity contribution in [1.29, 1.82) is 0 Å². The fourth-order valence-electron chi connectivity index (χ4n) is 0.842. The van der Waals surface area contributed by atoms with Crippen LogP contribution in [0.4, 0.5) is 0 Å². The van der Waals surface area contributed by atoms with Crippen LogP contribution in [0.25, 0.3) is 0 Å². The van der Waals surface area contributed by atoms with Gasteiger partial charge >= 0.3 is 89.3 Å². The normalized spacial score (nSPS) is 9.93.